The number of anilines is 1. The van der Waals surface area contributed by atoms with E-state index in [0.717, 1.165) is 0 Å². The van der Waals surface area contributed by atoms with Crippen molar-refractivity contribution in [1.29, 1.82) is 0 Å². The quantitative estimate of drug-likeness (QED) is 0.105. The lowest BCUT2D eigenvalue weighted by molar-refractivity contribution is -0.384. The first kappa shape index (κ1) is 41.8. The molecule has 17 heteroatoms. The molecule has 3 rings (SSSR count). The van der Waals surface area contributed by atoms with Crippen molar-refractivity contribution >= 4 is 40.0 Å². The maximum absolute atomic E-state index is 13.7. The minimum Gasteiger partial charge on any atom is -0.458 e. The van der Waals surface area contributed by atoms with Crippen LogP contribution in [0.5, 0.6) is 0 Å². The van der Waals surface area contributed by atoms with Crippen molar-refractivity contribution in [2.24, 2.45) is 0 Å². The van der Waals surface area contributed by atoms with Gasteiger partial charge in [0.25, 0.3) is 11.2 Å². The highest BCUT2D eigenvalue weighted by molar-refractivity contribution is 6.74. The van der Waals surface area contributed by atoms with E-state index in [0.29, 0.717) is 0 Å². The number of urea groups is 1. The summed E-state index contributed by atoms with van der Waals surface area (Å²) in [5, 5.41) is 15.9. The molecule has 1 aliphatic heterocycles. The third-order valence-corrected chi connectivity index (χ3v) is 18.6. The van der Waals surface area contributed by atoms with E-state index in [1.165, 1.54) is 41.1 Å². The maximum Gasteiger partial charge on any atom is 0.330 e. The van der Waals surface area contributed by atoms with Crippen molar-refractivity contribution in [1.82, 2.24) is 14.9 Å². The number of carbonyl (C=O) groups excluding carboxylic acids is 2. The van der Waals surface area contributed by atoms with Gasteiger partial charge < -0.3 is 29.0 Å². The lowest BCUT2D eigenvalue weighted by Gasteiger charge is -2.44. The molecule has 284 valence electrons. The number of nitrogens with zero attached hydrogens (tertiary/aromatic N) is 2. The Morgan fingerprint density at radius 3 is 1.92 bits per heavy atom. The molecule has 0 radical (unpaired) electrons. The van der Waals surface area contributed by atoms with Gasteiger partial charge in [0.1, 0.15) is 23.9 Å². The third-order valence-electron chi connectivity index (χ3n) is 9.69. The zero-order valence-electron chi connectivity index (χ0n) is 32.0. The number of nitro benzene ring substituents is 1. The minimum absolute atomic E-state index is 0.131. The SMILES string of the molecule is CC(C)(C)OC(=O)[C@H](C[C@H]1O[C@@H](n2ccc(=O)[nH]c2=O)[C@H](O[Si](C)(C)C(C)(C)C)[C@@H]1O[Si](C)(C)C(C)(C)C)NC(=O)Nc1ccc([N+](=O)[O-])cc1. The molecule has 1 aromatic carbocycles. The number of aromatic amines is 1. The molecule has 0 aliphatic carbocycles. The summed E-state index contributed by atoms with van der Waals surface area (Å²) in [5.41, 5.74) is -2.07. The molecule has 0 saturated carbocycles. The number of hydrogen-bond acceptors (Lipinski definition) is 10. The van der Waals surface area contributed by atoms with Crippen LogP contribution < -0.4 is 21.9 Å². The minimum atomic E-state index is -2.59. The average molecular weight is 750 g/mol. The second-order valence-corrected chi connectivity index (χ2v) is 26.5. The number of nitro groups is 1. The van der Waals surface area contributed by atoms with Gasteiger partial charge in [-0.25, -0.2) is 14.4 Å². The molecular weight excluding hydrogens is 695 g/mol. The monoisotopic (exact) mass is 749 g/mol. The molecule has 2 amide bonds. The number of benzene rings is 1. The Kier molecular flexibility index (Phi) is 12.4. The summed E-state index contributed by atoms with van der Waals surface area (Å²) >= 11 is 0. The number of carbonyl (C=O) groups is 2. The normalized spacial score (nSPS) is 20.8. The van der Waals surface area contributed by atoms with E-state index in [4.69, 9.17) is 18.3 Å². The van der Waals surface area contributed by atoms with Gasteiger partial charge in [-0.15, -0.1) is 0 Å². The van der Waals surface area contributed by atoms with E-state index in [1.807, 2.05) is 0 Å². The number of ether oxygens (including phenoxy) is 2. The number of aromatic nitrogens is 2. The van der Waals surface area contributed by atoms with E-state index in [1.54, 1.807) is 20.8 Å². The number of H-pyrrole nitrogens is 1. The molecule has 51 heavy (non-hydrogen) atoms. The second kappa shape index (κ2) is 15.1. The summed E-state index contributed by atoms with van der Waals surface area (Å²) in [6, 6.07) is 4.44. The van der Waals surface area contributed by atoms with E-state index in [9.17, 15) is 29.3 Å². The Labute approximate surface area is 301 Å². The van der Waals surface area contributed by atoms with Crippen molar-refractivity contribution in [2.75, 3.05) is 5.32 Å². The molecule has 3 N–H and O–H groups in total. The molecular formula is C34H55N5O10Si2. The summed E-state index contributed by atoms with van der Waals surface area (Å²) in [6.07, 6.45) is -2.41. The highest BCUT2D eigenvalue weighted by Crippen LogP contribution is 2.46. The number of hydrogen-bond donors (Lipinski definition) is 3. The largest absolute Gasteiger partial charge is 0.458 e. The van der Waals surface area contributed by atoms with E-state index in [-0.39, 0.29) is 27.9 Å². The molecule has 0 unspecified atom stereocenters. The van der Waals surface area contributed by atoms with Crippen LogP contribution in [0.1, 0.15) is 75.0 Å². The van der Waals surface area contributed by atoms with Gasteiger partial charge in [-0.1, -0.05) is 41.5 Å². The van der Waals surface area contributed by atoms with E-state index < -0.39 is 81.0 Å². The molecule has 1 aliphatic rings. The Morgan fingerprint density at radius 2 is 1.45 bits per heavy atom. The highest BCUT2D eigenvalue weighted by Gasteiger charge is 2.55. The summed E-state index contributed by atoms with van der Waals surface area (Å²) in [7, 11) is -5.18. The molecule has 2 aromatic rings. The number of amides is 2. The van der Waals surface area contributed by atoms with Crippen LogP contribution in [-0.4, -0.2) is 73.1 Å². The van der Waals surface area contributed by atoms with Crippen molar-refractivity contribution < 1.29 is 32.8 Å². The smallest absolute Gasteiger partial charge is 0.330 e. The van der Waals surface area contributed by atoms with Gasteiger partial charge in [-0.2, -0.15) is 0 Å². The van der Waals surface area contributed by atoms with Gasteiger partial charge in [-0.3, -0.25) is 24.5 Å². The second-order valence-electron chi connectivity index (χ2n) is 17.0. The number of esters is 1. The topological polar surface area (TPSA) is 193 Å². The van der Waals surface area contributed by atoms with Crippen LogP contribution in [0.2, 0.25) is 36.3 Å². The Morgan fingerprint density at radius 1 is 0.922 bits per heavy atom. The molecule has 15 nitrogen and oxygen atoms in total. The fourth-order valence-electron chi connectivity index (χ4n) is 4.86. The van der Waals surface area contributed by atoms with Crippen LogP contribution in [0.25, 0.3) is 0 Å². The summed E-state index contributed by atoms with van der Waals surface area (Å²) < 4.78 is 27.7. The average Bonchev–Trinajstić information content (AvgIpc) is 3.25. The van der Waals surface area contributed by atoms with Gasteiger partial charge in [-0.05, 0) is 69.2 Å². The van der Waals surface area contributed by atoms with Crippen LogP contribution in [0.3, 0.4) is 0 Å². The first-order valence-electron chi connectivity index (χ1n) is 17.0. The number of non-ortho nitro benzene ring substituents is 1. The van der Waals surface area contributed by atoms with Crippen LogP contribution >= 0.6 is 0 Å². The molecule has 2 heterocycles. The first-order chi connectivity index (χ1) is 23.1. The first-order valence-corrected chi connectivity index (χ1v) is 22.8. The molecule has 0 bridgehead atoms. The summed E-state index contributed by atoms with van der Waals surface area (Å²) in [6.45, 7) is 25.9. The van der Waals surface area contributed by atoms with Crippen molar-refractivity contribution in [3.63, 3.8) is 0 Å². The van der Waals surface area contributed by atoms with Gasteiger partial charge in [0, 0.05) is 36.5 Å². The van der Waals surface area contributed by atoms with Crippen LogP contribution in [0.4, 0.5) is 16.2 Å². The van der Waals surface area contributed by atoms with Gasteiger partial charge >= 0.3 is 17.7 Å². The molecule has 1 aromatic heterocycles. The summed E-state index contributed by atoms with van der Waals surface area (Å²) in [5.74, 6) is -0.734. The predicted molar refractivity (Wildman–Crippen MR) is 199 cm³/mol. The zero-order valence-corrected chi connectivity index (χ0v) is 34.0. The van der Waals surface area contributed by atoms with Gasteiger partial charge in [0.05, 0.1) is 11.0 Å². The third kappa shape index (κ3) is 10.7. The van der Waals surface area contributed by atoms with E-state index >= 15 is 0 Å². The summed E-state index contributed by atoms with van der Waals surface area (Å²) in [4.78, 5) is 65.2. The Bertz CT molecular complexity index is 1690. The standard InChI is InChI=1S/C34H55N5O10Si2/c1-32(2,3)47-29(41)23(36-30(42)35-21-14-16-22(17-15-21)39(44)45)20-24-26(48-50(10,11)33(4,5)6)27(49-51(12,13)34(7,8)9)28(46-24)38-19-18-25(40)37-31(38)43/h14-19,23-24,26-28H,20H2,1-13H3,(H2,35,36,42)(H,37,40,43)/t23-,24+,26+,27+,28+/m0/s1. The predicted octanol–water partition coefficient (Wildman–Crippen LogP) is 6.05. The molecule has 1 saturated heterocycles. The molecule has 0 spiro atoms. The van der Waals surface area contributed by atoms with Crippen molar-refractivity contribution in [3.8, 4) is 0 Å². The number of rotatable bonds is 11. The van der Waals surface area contributed by atoms with Crippen LogP contribution in [0.15, 0.2) is 46.1 Å². The van der Waals surface area contributed by atoms with Gasteiger partial charge in [0.2, 0.25) is 0 Å². The van der Waals surface area contributed by atoms with Crippen molar-refractivity contribution in [3.05, 3.63) is 67.5 Å². The van der Waals surface area contributed by atoms with E-state index in [2.05, 4.69) is 83.3 Å². The van der Waals surface area contributed by atoms with Crippen molar-refractivity contribution in [2.45, 2.75) is 141 Å². The highest BCUT2D eigenvalue weighted by atomic mass is 28.4. The molecule has 1 fully saturated rings. The van der Waals surface area contributed by atoms with Gasteiger partial charge in [0.15, 0.2) is 22.9 Å². The molecule has 5 atom stereocenters. The maximum atomic E-state index is 13.7. The fraction of sp³-hybridized carbons (Fsp3) is 0.647. The Hall–Kier alpha value is -3.65. The number of nitrogens with one attached hydrogen (secondary N) is 3. The van der Waals surface area contributed by atoms with Crippen LogP contribution in [-0.2, 0) is 23.1 Å². The zero-order chi connectivity index (χ0) is 38.9. The lowest BCUT2D eigenvalue weighted by Crippen LogP contribution is -2.55. The fourth-order valence-corrected chi connectivity index (χ4v) is 7.47. The van der Waals surface area contributed by atoms with Crippen LogP contribution in [0, 0.1) is 10.1 Å². The lowest BCUT2D eigenvalue weighted by atomic mass is 10.0. The Balaban J connectivity index is 2.12.